The zero-order valence-corrected chi connectivity index (χ0v) is 11.7. The van der Waals surface area contributed by atoms with Crippen molar-refractivity contribution in [3.05, 3.63) is 65.6 Å². The third kappa shape index (κ3) is 4.13. The van der Waals surface area contributed by atoms with Crippen LogP contribution in [0.4, 0.5) is 0 Å². The number of hydrogen-bond donors (Lipinski definition) is 0. The van der Waals surface area contributed by atoms with Gasteiger partial charge in [0.2, 0.25) is 0 Å². The van der Waals surface area contributed by atoms with Gasteiger partial charge in [-0.05, 0) is 35.9 Å². The van der Waals surface area contributed by atoms with Gasteiger partial charge in [0.05, 0.1) is 12.5 Å². The highest BCUT2D eigenvalue weighted by Crippen LogP contribution is 2.16. The third-order valence-electron chi connectivity index (χ3n) is 2.48. The van der Waals surface area contributed by atoms with Crippen LogP contribution in [0, 0.1) is 0 Å². The molecule has 0 fully saturated rings. The maximum absolute atomic E-state index is 11.8. The average Bonchev–Trinajstić information content (AvgIpc) is 2.46. The van der Waals surface area contributed by atoms with Crippen molar-refractivity contribution in [2.24, 2.45) is 0 Å². The standard InChI is InChI=1S/C15H14O4S/c1-18-15-9-5-6-13(12-15)10-11-20(16,17)19-14-7-3-2-4-8-14/h2-12H,1H3/b11-10+. The lowest BCUT2D eigenvalue weighted by atomic mass is 10.2. The van der Waals surface area contributed by atoms with E-state index < -0.39 is 10.1 Å². The van der Waals surface area contributed by atoms with Crippen LogP contribution in [0.1, 0.15) is 5.56 Å². The van der Waals surface area contributed by atoms with Gasteiger partial charge in [-0.25, -0.2) is 0 Å². The van der Waals surface area contributed by atoms with Crippen molar-refractivity contribution in [1.29, 1.82) is 0 Å². The highest BCUT2D eigenvalue weighted by molar-refractivity contribution is 7.90. The topological polar surface area (TPSA) is 52.6 Å². The number of methoxy groups -OCH3 is 1. The summed E-state index contributed by atoms with van der Waals surface area (Å²) in [4.78, 5) is 0. The predicted molar refractivity (Wildman–Crippen MR) is 78.0 cm³/mol. The molecule has 0 bridgehead atoms. The Labute approximate surface area is 118 Å². The molecular formula is C15H14O4S. The third-order valence-corrected chi connectivity index (χ3v) is 3.37. The fraction of sp³-hybridized carbons (Fsp3) is 0.0667. The number of rotatable bonds is 5. The molecular weight excluding hydrogens is 276 g/mol. The van der Waals surface area contributed by atoms with Gasteiger partial charge in [-0.2, -0.15) is 8.42 Å². The molecule has 4 nitrogen and oxygen atoms in total. The summed E-state index contributed by atoms with van der Waals surface area (Å²) in [5.74, 6) is 0.941. The van der Waals surface area contributed by atoms with E-state index in [2.05, 4.69) is 0 Å². The molecule has 0 unspecified atom stereocenters. The fourth-order valence-electron chi connectivity index (χ4n) is 1.55. The number of ether oxygens (including phenoxy) is 1. The van der Waals surface area contributed by atoms with Crippen LogP contribution in [0.3, 0.4) is 0 Å². The summed E-state index contributed by atoms with van der Waals surface area (Å²) < 4.78 is 33.6. The Morgan fingerprint density at radius 1 is 0.950 bits per heavy atom. The molecule has 0 aromatic heterocycles. The van der Waals surface area contributed by atoms with Crippen molar-refractivity contribution in [2.45, 2.75) is 0 Å². The zero-order valence-electron chi connectivity index (χ0n) is 10.9. The lowest BCUT2D eigenvalue weighted by Gasteiger charge is -2.03. The quantitative estimate of drug-likeness (QED) is 0.794. The van der Waals surface area contributed by atoms with Crippen molar-refractivity contribution < 1.29 is 17.3 Å². The minimum absolute atomic E-state index is 0.280. The van der Waals surface area contributed by atoms with Gasteiger partial charge in [-0.3, -0.25) is 0 Å². The fourth-order valence-corrected chi connectivity index (χ4v) is 2.30. The highest BCUT2D eigenvalue weighted by Gasteiger charge is 2.07. The van der Waals surface area contributed by atoms with Crippen LogP contribution in [-0.4, -0.2) is 15.5 Å². The molecule has 0 atom stereocenters. The van der Waals surface area contributed by atoms with Gasteiger partial charge in [0, 0.05) is 0 Å². The monoisotopic (exact) mass is 290 g/mol. The molecule has 0 N–H and O–H groups in total. The lowest BCUT2D eigenvalue weighted by molar-refractivity contribution is 0.414. The van der Waals surface area contributed by atoms with E-state index in [1.165, 1.54) is 6.08 Å². The molecule has 0 aliphatic carbocycles. The van der Waals surface area contributed by atoms with Crippen molar-refractivity contribution >= 4 is 16.2 Å². The minimum Gasteiger partial charge on any atom is -0.497 e. The number of hydrogen-bond acceptors (Lipinski definition) is 4. The zero-order chi connectivity index (χ0) is 14.4. The van der Waals surface area contributed by atoms with Gasteiger partial charge in [-0.1, -0.05) is 30.3 Å². The molecule has 5 heteroatoms. The molecule has 104 valence electrons. The Balaban J connectivity index is 2.13. The molecule has 0 saturated heterocycles. The molecule has 0 heterocycles. The number of benzene rings is 2. The Bertz CT molecular complexity index is 691. The van der Waals surface area contributed by atoms with Gasteiger partial charge in [0.25, 0.3) is 0 Å². The van der Waals surface area contributed by atoms with Crippen LogP contribution >= 0.6 is 0 Å². The second-order valence-corrected chi connectivity index (χ2v) is 5.39. The van der Waals surface area contributed by atoms with Gasteiger partial charge in [-0.15, -0.1) is 0 Å². The summed E-state index contributed by atoms with van der Waals surface area (Å²) >= 11 is 0. The number of para-hydroxylation sites is 1. The minimum atomic E-state index is -3.77. The van der Waals surface area contributed by atoms with E-state index in [4.69, 9.17) is 8.92 Å². The SMILES string of the molecule is COc1cccc(/C=C/S(=O)(=O)Oc2ccccc2)c1. The van der Waals surface area contributed by atoms with E-state index in [9.17, 15) is 8.42 Å². The van der Waals surface area contributed by atoms with Gasteiger partial charge in [0.15, 0.2) is 0 Å². The molecule has 0 aliphatic heterocycles. The molecule has 0 saturated carbocycles. The average molecular weight is 290 g/mol. The molecule has 0 radical (unpaired) electrons. The second-order valence-electron chi connectivity index (χ2n) is 3.97. The van der Waals surface area contributed by atoms with Crippen LogP contribution in [0.25, 0.3) is 6.08 Å². The molecule has 2 rings (SSSR count). The first-order valence-electron chi connectivity index (χ1n) is 5.91. The maximum Gasteiger partial charge on any atom is 0.332 e. The van der Waals surface area contributed by atoms with E-state index in [0.717, 1.165) is 5.41 Å². The van der Waals surface area contributed by atoms with E-state index >= 15 is 0 Å². The van der Waals surface area contributed by atoms with Gasteiger partial charge < -0.3 is 8.92 Å². The van der Waals surface area contributed by atoms with E-state index in [1.54, 1.807) is 61.7 Å². The summed E-state index contributed by atoms with van der Waals surface area (Å²) in [5.41, 5.74) is 0.713. The largest absolute Gasteiger partial charge is 0.497 e. The van der Waals surface area contributed by atoms with Crippen molar-refractivity contribution in [3.8, 4) is 11.5 Å². The predicted octanol–water partition coefficient (Wildman–Crippen LogP) is 3.07. The maximum atomic E-state index is 11.8. The summed E-state index contributed by atoms with van der Waals surface area (Å²) in [6.07, 6.45) is 1.46. The van der Waals surface area contributed by atoms with E-state index in [0.29, 0.717) is 11.3 Å². The lowest BCUT2D eigenvalue weighted by Crippen LogP contribution is -2.04. The van der Waals surface area contributed by atoms with Crippen molar-refractivity contribution in [2.75, 3.05) is 7.11 Å². The van der Waals surface area contributed by atoms with Gasteiger partial charge in [0.1, 0.15) is 11.5 Å². The van der Waals surface area contributed by atoms with Crippen LogP contribution < -0.4 is 8.92 Å². The van der Waals surface area contributed by atoms with Crippen molar-refractivity contribution in [1.82, 2.24) is 0 Å². The molecule has 0 amide bonds. The van der Waals surface area contributed by atoms with E-state index in [-0.39, 0.29) is 5.75 Å². The Morgan fingerprint density at radius 2 is 1.65 bits per heavy atom. The molecule has 0 aliphatic rings. The first kappa shape index (κ1) is 14.1. The Kier molecular flexibility index (Phi) is 4.42. The summed E-state index contributed by atoms with van der Waals surface area (Å²) in [6, 6.07) is 15.4. The summed E-state index contributed by atoms with van der Waals surface area (Å²) in [7, 11) is -2.22. The smallest absolute Gasteiger partial charge is 0.332 e. The van der Waals surface area contributed by atoms with Crippen LogP contribution in [0.15, 0.2) is 60.0 Å². The molecule has 2 aromatic rings. The molecule has 2 aromatic carbocycles. The summed E-state index contributed by atoms with van der Waals surface area (Å²) in [6.45, 7) is 0. The normalized spacial score (nSPS) is 11.4. The first-order chi connectivity index (χ1) is 9.59. The summed E-state index contributed by atoms with van der Waals surface area (Å²) in [5, 5.41) is 1.02. The van der Waals surface area contributed by atoms with Crippen LogP contribution in [0.2, 0.25) is 0 Å². The van der Waals surface area contributed by atoms with Crippen LogP contribution in [-0.2, 0) is 10.1 Å². The Hall–Kier alpha value is -2.27. The highest BCUT2D eigenvalue weighted by atomic mass is 32.2. The van der Waals surface area contributed by atoms with Gasteiger partial charge >= 0.3 is 10.1 Å². The first-order valence-corrected chi connectivity index (χ1v) is 7.38. The second kappa shape index (κ2) is 6.25. The Morgan fingerprint density at radius 3 is 2.35 bits per heavy atom. The van der Waals surface area contributed by atoms with Crippen molar-refractivity contribution in [3.63, 3.8) is 0 Å². The molecule has 20 heavy (non-hydrogen) atoms. The molecule has 0 spiro atoms. The van der Waals surface area contributed by atoms with Crippen LogP contribution in [0.5, 0.6) is 11.5 Å². The van der Waals surface area contributed by atoms with E-state index in [1.807, 2.05) is 0 Å².